The minimum Gasteiger partial charge on any atom is -0.472 e. The standard InChI is InChI=1S/C37H46BrN5O9S/c1-7-21(3)30(44)14-13-28(40-35(48)52-36(4,5)6)33(46)43-20-25(51-32-27-17-24(38)10-9-22(27)15-16-39-32)18-29(43)31(45)41-37(19-23(37)8-2)34(47)42-53(49,50)26-11-12-26/h7-10,15-17,23,25-26,28-29H,2,11-14,18-20H2,1,3-6H3,(H,40,48)(H,41,45)(H,42,47)/b21-7+/t23-,25?,28+,29+,37-/m1/s1. The van der Waals surface area contributed by atoms with Crippen molar-refractivity contribution in [1.82, 2.24) is 25.2 Å². The van der Waals surface area contributed by atoms with Crippen LogP contribution in [-0.2, 0) is 33.9 Å². The zero-order chi connectivity index (χ0) is 38.9. The quantitative estimate of drug-likeness (QED) is 0.184. The van der Waals surface area contributed by atoms with Gasteiger partial charge in [-0.3, -0.25) is 23.9 Å². The van der Waals surface area contributed by atoms with E-state index in [1.165, 1.54) is 11.0 Å². The monoisotopic (exact) mass is 815 g/mol. The Morgan fingerprint density at radius 2 is 1.89 bits per heavy atom. The van der Waals surface area contributed by atoms with Crippen molar-refractivity contribution >= 4 is 66.3 Å². The number of ketones is 1. The van der Waals surface area contributed by atoms with Crippen LogP contribution in [0.1, 0.15) is 73.1 Å². The molecule has 1 aromatic heterocycles. The first-order valence-electron chi connectivity index (χ1n) is 17.5. The lowest BCUT2D eigenvalue weighted by Gasteiger charge is -2.30. The van der Waals surface area contributed by atoms with E-state index < -0.39 is 74.3 Å². The van der Waals surface area contributed by atoms with Crippen LogP contribution in [0.15, 0.2) is 59.2 Å². The van der Waals surface area contributed by atoms with Crippen LogP contribution in [0.3, 0.4) is 0 Å². The summed E-state index contributed by atoms with van der Waals surface area (Å²) in [7, 11) is -3.93. The molecule has 2 heterocycles. The molecule has 2 saturated carbocycles. The van der Waals surface area contributed by atoms with Gasteiger partial charge in [-0.25, -0.2) is 18.2 Å². The Kier molecular flexibility index (Phi) is 11.7. The van der Waals surface area contributed by atoms with Crippen LogP contribution in [0.2, 0.25) is 0 Å². The van der Waals surface area contributed by atoms with Gasteiger partial charge in [-0.2, -0.15) is 0 Å². The number of likely N-dealkylation sites (tertiary alicyclic amines) is 1. The van der Waals surface area contributed by atoms with Crippen molar-refractivity contribution in [2.75, 3.05) is 6.54 Å². The highest BCUT2D eigenvalue weighted by molar-refractivity contribution is 9.10. The summed E-state index contributed by atoms with van der Waals surface area (Å²) >= 11 is 3.48. The van der Waals surface area contributed by atoms with Gasteiger partial charge in [0.05, 0.1) is 11.8 Å². The maximum atomic E-state index is 14.5. The van der Waals surface area contributed by atoms with Crippen molar-refractivity contribution in [3.63, 3.8) is 0 Å². The number of fused-ring (bicyclic) bond motifs is 1. The van der Waals surface area contributed by atoms with Gasteiger partial charge in [0.25, 0.3) is 5.91 Å². The number of alkyl carbamates (subject to hydrolysis) is 1. The van der Waals surface area contributed by atoms with E-state index in [1.807, 2.05) is 24.3 Å². The van der Waals surface area contributed by atoms with E-state index in [9.17, 15) is 32.4 Å². The van der Waals surface area contributed by atoms with Gasteiger partial charge < -0.3 is 25.0 Å². The number of halogens is 1. The number of hydrogen-bond acceptors (Lipinski definition) is 10. The summed E-state index contributed by atoms with van der Waals surface area (Å²) < 4.78 is 40.1. The number of Topliss-reactive ketones (excluding diaryl/α,β-unsaturated/α-hetero) is 1. The number of nitrogens with one attached hydrogen (secondary N) is 3. The molecule has 286 valence electrons. The molecule has 3 fully saturated rings. The fourth-order valence-electron chi connectivity index (χ4n) is 6.30. The van der Waals surface area contributed by atoms with Crippen molar-refractivity contribution in [2.24, 2.45) is 5.92 Å². The molecule has 0 spiro atoms. The molecule has 3 aliphatic rings. The number of hydrogen-bond donors (Lipinski definition) is 3. The van der Waals surface area contributed by atoms with Crippen molar-refractivity contribution in [3.8, 4) is 5.88 Å². The second-order valence-electron chi connectivity index (χ2n) is 14.8. The molecule has 1 unspecified atom stereocenters. The van der Waals surface area contributed by atoms with Crippen molar-refractivity contribution < 1.29 is 41.9 Å². The Bertz CT molecular complexity index is 1960. The molecule has 53 heavy (non-hydrogen) atoms. The number of pyridine rings is 1. The summed E-state index contributed by atoms with van der Waals surface area (Å²) in [4.78, 5) is 73.7. The molecular formula is C37H46BrN5O9S. The number of ether oxygens (including phenoxy) is 2. The Balaban J connectivity index is 1.45. The van der Waals surface area contributed by atoms with Crippen molar-refractivity contribution in [1.29, 1.82) is 0 Å². The molecule has 1 saturated heterocycles. The second kappa shape index (κ2) is 15.6. The Morgan fingerprint density at radius 1 is 1.17 bits per heavy atom. The highest BCUT2D eigenvalue weighted by Gasteiger charge is 2.62. The molecule has 16 heteroatoms. The third-order valence-corrected chi connectivity index (χ3v) is 11.9. The number of nitrogens with zero attached hydrogens (tertiary/aromatic N) is 2. The molecule has 0 bridgehead atoms. The molecule has 2 aliphatic carbocycles. The predicted octanol–water partition coefficient (Wildman–Crippen LogP) is 4.22. The molecule has 4 amide bonds. The van der Waals surface area contributed by atoms with Gasteiger partial charge in [0, 0.05) is 34.8 Å². The van der Waals surface area contributed by atoms with Gasteiger partial charge in [-0.05, 0) is 89.5 Å². The first-order valence-corrected chi connectivity index (χ1v) is 19.9. The average Bonchev–Trinajstić information content (AvgIpc) is 4.02. The van der Waals surface area contributed by atoms with E-state index in [4.69, 9.17) is 9.47 Å². The van der Waals surface area contributed by atoms with Gasteiger partial charge in [0.1, 0.15) is 29.3 Å². The number of allylic oxidation sites excluding steroid dienone is 2. The Labute approximate surface area is 317 Å². The summed E-state index contributed by atoms with van der Waals surface area (Å²) in [6.45, 7) is 12.0. The molecule has 1 aromatic carbocycles. The lowest BCUT2D eigenvalue weighted by atomic mass is 10.0. The Morgan fingerprint density at radius 3 is 2.51 bits per heavy atom. The van der Waals surface area contributed by atoms with Crippen molar-refractivity contribution in [2.45, 2.75) is 108 Å². The van der Waals surface area contributed by atoms with Gasteiger partial charge >= 0.3 is 6.09 Å². The van der Waals surface area contributed by atoms with Crippen LogP contribution in [0.25, 0.3) is 10.8 Å². The first-order chi connectivity index (χ1) is 24.9. The molecule has 5 rings (SSSR count). The van der Waals surface area contributed by atoms with E-state index in [-0.39, 0.29) is 43.9 Å². The lowest BCUT2D eigenvalue weighted by molar-refractivity contribution is -0.141. The summed E-state index contributed by atoms with van der Waals surface area (Å²) in [5, 5.41) is 6.22. The maximum Gasteiger partial charge on any atom is 0.408 e. The SMILES string of the molecule is C=C[C@@H]1C[C@]1(NC(=O)[C@@H]1CC(Oc2nccc3ccc(Br)cc23)CN1C(=O)[C@H](CCC(=O)/C(C)=C/C)NC(=O)OC(C)(C)C)C(=O)NS(=O)(=O)C1CC1. The summed E-state index contributed by atoms with van der Waals surface area (Å²) in [5.41, 5.74) is -2.00. The first kappa shape index (κ1) is 39.9. The zero-order valence-corrected chi connectivity index (χ0v) is 32.8. The Hall–Kier alpha value is -4.31. The average molecular weight is 817 g/mol. The fraction of sp³-hybridized carbons (Fsp3) is 0.514. The molecule has 0 radical (unpaired) electrons. The van der Waals surface area contributed by atoms with Crippen LogP contribution in [0.5, 0.6) is 5.88 Å². The fourth-order valence-corrected chi connectivity index (χ4v) is 8.03. The van der Waals surface area contributed by atoms with E-state index in [1.54, 1.807) is 46.9 Å². The van der Waals surface area contributed by atoms with Gasteiger partial charge in [0.15, 0.2) is 5.78 Å². The minimum absolute atomic E-state index is 0.0315. The van der Waals surface area contributed by atoms with E-state index >= 15 is 0 Å². The molecule has 2 aromatic rings. The molecular weight excluding hydrogens is 770 g/mol. The van der Waals surface area contributed by atoms with Crippen LogP contribution in [0, 0.1) is 5.92 Å². The summed E-state index contributed by atoms with van der Waals surface area (Å²) in [5.74, 6) is -2.78. The number of carbonyl (C=O) groups excluding carboxylic acids is 5. The number of benzene rings is 1. The third kappa shape index (κ3) is 9.44. The maximum absolute atomic E-state index is 14.5. The second-order valence-corrected chi connectivity index (χ2v) is 17.7. The smallest absolute Gasteiger partial charge is 0.408 e. The molecule has 1 aliphatic heterocycles. The third-order valence-electron chi connectivity index (χ3n) is 9.59. The van der Waals surface area contributed by atoms with Gasteiger partial charge in [-0.1, -0.05) is 34.1 Å². The van der Waals surface area contributed by atoms with Gasteiger partial charge in [0.2, 0.25) is 27.7 Å². The van der Waals surface area contributed by atoms with Crippen LogP contribution in [-0.4, -0.2) is 89.0 Å². The van der Waals surface area contributed by atoms with Crippen LogP contribution in [0.4, 0.5) is 4.79 Å². The largest absolute Gasteiger partial charge is 0.472 e. The predicted molar refractivity (Wildman–Crippen MR) is 200 cm³/mol. The number of amides is 4. The normalized spacial score (nSPS) is 23.5. The van der Waals surface area contributed by atoms with E-state index in [0.717, 1.165) is 9.86 Å². The summed E-state index contributed by atoms with van der Waals surface area (Å²) in [6.07, 6.45) is 3.83. The molecule has 14 nitrogen and oxygen atoms in total. The molecule has 3 N–H and O–H groups in total. The zero-order valence-electron chi connectivity index (χ0n) is 30.4. The highest BCUT2D eigenvalue weighted by atomic mass is 79.9. The molecule has 5 atom stereocenters. The number of sulfonamides is 1. The van der Waals surface area contributed by atoms with E-state index in [2.05, 4.69) is 42.8 Å². The highest BCUT2D eigenvalue weighted by Crippen LogP contribution is 2.45. The van der Waals surface area contributed by atoms with Crippen molar-refractivity contribution in [3.05, 3.63) is 59.2 Å². The number of aromatic nitrogens is 1. The number of rotatable bonds is 14. The topological polar surface area (TPSA) is 190 Å². The lowest BCUT2D eigenvalue weighted by Crippen LogP contribution is -2.58. The van der Waals surface area contributed by atoms with Gasteiger partial charge in [-0.15, -0.1) is 6.58 Å². The summed E-state index contributed by atoms with van der Waals surface area (Å²) in [6, 6.07) is 4.92. The van der Waals surface area contributed by atoms with Crippen LogP contribution >= 0.6 is 15.9 Å². The van der Waals surface area contributed by atoms with E-state index in [0.29, 0.717) is 23.8 Å². The minimum atomic E-state index is -3.93. The number of carbonyl (C=O) groups is 5. The van der Waals surface area contributed by atoms with Crippen LogP contribution < -0.4 is 20.1 Å².